The molecule has 0 amide bonds. The van der Waals surface area contributed by atoms with Gasteiger partial charge >= 0.3 is 6.18 Å². The first-order valence-corrected chi connectivity index (χ1v) is 5.60. The second-order valence-corrected chi connectivity index (χ2v) is 5.41. The fraction of sp³-hybridized carbons (Fsp3) is 0.778. The van der Waals surface area contributed by atoms with Crippen molar-refractivity contribution in [2.24, 2.45) is 5.41 Å². The third kappa shape index (κ3) is 4.34. The van der Waals surface area contributed by atoms with Crippen molar-refractivity contribution in [2.75, 3.05) is 11.9 Å². The molecule has 0 saturated heterocycles. The van der Waals surface area contributed by atoms with Crippen molar-refractivity contribution in [3.05, 3.63) is 5.82 Å². The van der Waals surface area contributed by atoms with Crippen LogP contribution >= 0.6 is 11.5 Å². The third-order valence-electron chi connectivity index (χ3n) is 1.83. The highest BCUT2D eigenvalue weighted by Crippen LogP contribution is 2.29. The molecule has 1 N–H and O–H groups in total. The van der Waals surface area contributed by atoms with Crippen LogP contribution in [0.5, 0.6) is 0 Å². The summed E-state index contributed by atoms with van der Waals surface area (Å²) in [6.45, 7) is 6.79. The Balaban J connectivity index is 2.48. The first-order chi connectivity index (χ1) is 7.18. The fourth-order valence-corrected chi connectivity index (χ4v) is 1.57. The highest BCUT2D eigenvalue weighted by atomic mass is 32.1. The number of rotatable bonds is 3. The Hall–Kier alpha value is -0.850. The molecule has 0 spiro atoms. The summed E-state index contributed by atoms with van der Waals surface area (Å²) in [6.07, 6.45) is -3.60. The molecule has 1 rings (SSSR count). The van der Waals surface area contributed by atoms with Crippen LogP contribution in [-0.2, 0) is 6.18 Å². The summed E-state index contributed by atoms with van der Waals surface area (Å²) in [7, 11) is 0. The van der Waals surface area contributed by atoms with E-state index in [1.165, 1.54) is 0 Å². The molecule has 0 saturated carbocycles. The SMILES string of the molecule is CC(C)(C)CCNc1nc(C(F)(F)F)ns1. The van der Waals surface area contributed by atoms with Gasteiger partial charge in [0.2, 0.25) is 11.0 Å². The van der Waals surface area contributed by atoms with E-state index in [0.29, 0.717) is 6.54 Å². The number of nitrogens with one attached hydrogen (secondary N) is 1. The summed E-state index contributed by atoms with van der Waals surface area (Å²) >= 11 is 0.735. The van der Waals surface area contributed by atoms with Crippen LogP contribution in [0.2, 0.25) is 0 Å². The maximum Gasteiger partial charge on any atom is 0.452 e. The molecule has 0 aliphatic heterocycles. The minimum absolute atomic E-state index is 0.143. The highest BCUT2D eigenvalue weighted by molar-refractivity contribution is 7.09. The van der Waals surface area contributed by atoms with Gasteiger partial charge in [0.15, 0.2) is 0 Å². The quantitative estimate of drug-likeness (QED) is 0.897. The molecule has 16 heavy (non-hydrogen) atoms. The van der Waals surface area contributed by atoms with Crippen molar-refractivity contribution in [3.8, 4) is 0 Å². The summed E-state index contributed by atoms with van der Waals surface area (Å²) in [6, 6.07) is 0. The lowest BCUT2D eigenvalue weighted by atomic mass is 9.92. The van der Waals surface area contributed by atoms with E-state index in [0.717, 1.165) is 18.0 Å². The largest absolute Gasteiger partial charge is 0.452 e. The van der Waals surface area contributed by atoms with E-state index < -0.39 is 12.0 Å². The van der Waals surface area contributed by atoms with Crippen LogP contribution in [0.15, 0.2) is 0 Å². The molecule has 0 unspecified atom stereocenters. The van der Waals surface area contributed by atoms with E-state index in [1.807, 2.05) is 0 Å². The average Bonchev–Trinajstić information content (AvgIpc) is 2.49. The summed E-state index contributed by atoms with van der Waals surface area (Å²) in [5.41, 5.74) is 0.143. The molecule has 0 radical (unpaired) electrons. The maximum atomic E-state index is 12.2. The van der Waals surface area contributed by atoms with Gasteiger partial charge < -0.3 is 5.32 Å². The molecule has 0 bridgehead atoms. The standard InChI is InChI=1S/C9H14F3N3S/c1-8(2,3)4-5-13-7-14-6(15-16-7)9(10,11)12/h4-5H2,1-3H3,(H,13,14,15). The van der Waals surface area contributed by atoms with Gasteiger partial charge in [-0.3, -0.25) is 0 Å². The predicted octanol–water partition coefficient (Wildman–Crippen LogP) is 3.41. The van der Waals surface area contributed by atoms with Gasteiger partial charge in [-0.15, -0.1) is 0 Å². The normalized spacial score (nSPS) is 12.9. The van der Waals surface area contributed by atoms with E-state index >= 15 is 0 Å². The molecule has 0 aliphatic rings. The van der Waals surface area contributed by atoms with Gasteiger partial charge in [0.05, 0.1) is 0 Å². The van der Waals surface area contributed by atoms with Crippen LogP contribution < -0.4 is 5.32 Å². The van der Waals surface area contributed by atoms with Gasteiger partial charge in [-0.05, 0) is 11.8 Å². The first kappa shape index (κ1) is 13.2. The van der Waals surface area contributed by atoms with Crippen LogP contribution in [0, 0.1) is 5.41 Å². The second-order valence-electron chi connectivity index (χ2n) is 4.66. The Morgan fingerprint density at radius 1 is 1.25 bits per heavy atom. The molecule has 1 heterocycles. The molecular formula is C9H14F3N3S. The summed E-state index contributed by atoms with van der Waals surface area (Å²) in [4.78, 5) is 3.37. The number of hydrogen-bond donors (Lipinski definition) is 1. The Bertz CT molecular complexity index is 341. The second kappa shape index (κ2) is 4.57. The van der Waals surface area contributed by atoms with Crippen molar-refractivity contribution in [1.82, 2.24) is 9.36 Å². The molecule has 0 atom stereocenters. The number of anilines is 1. The molecule has 0 aliphatic carbocycles. The van der Waals surface area contributed by atoms with E-state index in [4.69, 9.17) is 0 Å². The van der Waals surface area contributed by atoms with E-state index in [2.05, 4.69) is 35.4 Å². The Morgan fingerprint density at radius 3 is 2.31 bits per heavy atom. The van der Waals surface area contributed by atoms with Crippen molar-refractivity contribution >= 4 is 16.7 Å². The number of nitrogens with zero attached hydrogens (tertiary/aromatic N) is 2. The highest BCUT2D eigenvalue weighted by Gasteiger charge is 2.36. The third-order valence-corrected chi connectivity index (χ3v) is 2.50. The predicted molar refractivity (Wildman–Crippen MR) is 57.5 cm³/mol. The van der Waals surface area contributed by atoms with Gasteiger partial charge in [-0.25, -0.2) is 0 Å². The molecule has 0 aromatic carbocycles. The smallest absolute Gasteiger partial charge is 0.360 e. The molecule has 92 valence electrons. The van der Waals surface area contributed by atoms with Crippen LogP contribution in [-0.4, -0.2) is 15.9 Å². The summed E-state index contributed by atoms with van der Waals surface area (Å²) in [5, 5.41) is 3.06. The lowest BCUT2D eigenvalue weighted by molar-refractivity contribution is -0.144. The van der Waals surface area contributed by atoms with E-state index in [-0.39, 0.29) is 10.5 Å². The van der Waals surface area contributed by atoms with Crippen molar-refractivity contribution in [3.63, 3.8) is 0 Å². The van der Waals surface area contributed by atoms with Crippen molar-refractivity contribution in [2.45, 2.75) is 33.4 Å². The zero-order valence-electron chi connectivity index (χ0n) is 9.35. The molecule has 1 aromatic rings. The van der Waals surface area contributed by atoms with Gasteiger partial charge in [-0.1, -0.05) is 20.8 Å². The van der Waals surface area contributed by atoms with Crippen molar-refractivity contribution in [1.29, 1.82) is 0 Å². The lowest BCUT2D eigenvalue weighted by Gasteiger charge is -2.17. The monoisotopic (exact) mass is 253 g/mol. The molecule has 7 heteroatoms. The number of aromatic nitrogens is 2. The Morgan fingerprint density at radius 2 is 1.88 bits per heavy atom. The van der Waals surface area contributed by atoms with E-state index in [9.17, 15) is 13.2 Å². The summed E-state index contributed by atoms with van der Waals surface area (Å²) in [5.74, 6) is -1.07. The Labute approximate surface area is 96.3 Å². The van der Waals surface area contributed by atoms with Gasteiger partial charge in [0, 0.05) is 18.1 Å². The van der Waals surface area contributed by atoms with Crippen LogP contribution in [0.4, 0.5) is 18.3 Å². The fourth-order valence-electron chi connectivity index (χ4n) is 0.955. The Kier molecular flexibility index (Phi) is 3.77. The van der Waals surface area contributed by atoms with E-state index in [1.54, 1.807) is 0 Å². The molecule has 1 aromatic heterocycles. The van der Waals surface area contributed by atoms with Crippen LogP contribution in [0.3, 0.4) is 0 Å². The van der Waals surface area contributed by atoms with Gasteiger partial charge in [0.25, 0.3) is 0 Å². The van der Waals surface area contributed by atoms with Crippen LogP contribution in [0.25, 0.3) is 0 Å². The zero-order valence-corrected chi connectivity index (χ0v) is 10.2. The zero-order chi connectivity index (χ0) is 12.4. The lowest BCUT2D eigenvalue weighted by Crippen LogP contribution is -2.13. The number of hydrogen-bond acceptors (Lipinski definition) is 4. The topological polar surface area (TPSA) is 37.8 Å². The maximum absolute atomic E-state index is 12.2. The van der Waals surface area contributed by atoms with Gasteiger partial charge in [0.1, 0.15) is 0 Å². The minimum atomic E-state index is -4.46. The average molecular weight is 253 g/mol. The summed E-state index contributed by atoms with van der Waals surface area (Å²) < 4.78 is 39.7. The van der Waals surface area contributed by atoms with Crippen LogP contribution in [0.1, 0.15) is 33.0 Å². The number of halogens is 3. The van der Waals surface area contributed by atoms with Crippen molar-refractivity contribution < 1.29 is 13.2 Å². The van der Waals surface area contributed by atoms with Gasteiger partial charge in [-0.2, -0.15) is 22.5 Å². The molecule has 3 nitrogen and oxygen atoms in total. The molecule has 0 fully saturated rings. The molecular weight excluding hydrogens is 239 g/mol. The first-order valence-electron chi connectivity index (χ1n) is 4.83. The number of alkyl halides is 3. The minimum Gasteiger partial charge on any atom is -0.360 e.